The number of carboxylic acids is 1. The highest BCUT2D eigenvalue weighted by Crippen LogP contribution is 2.24. The van der Waals surface area contributed by atoms with Crippen molar-refractivity contribution >= 4 is 11.9 Å². The second kappa shape index (κ2) is 16.8. The number of carboxylic acid groups (broad SMARTS) is 1. The lowest BCUT2D eigenvalue weighted by Crippen LogP contribution is -2.27. The first-order valence-corrected chi connectivity index (χ1v) is 13.1. The molecule has 6 heteroatoms. The number of amides is 1. The second-order valence-electron chi connectivity index (χ2n) is 9.26. The predicted octanol–water partition coefficient (Wildman–Crippen LogP) is 6.74. The molecule has 3 N–H and O–H groups in total. The van der Waals surface area contributed by atoms with E-state index in [9.17, 15) is 19.9 Å². The van der Waals surface area contributed by atoms with Crippen molar-refractivity contribution < 1.29 is 19.9 Å². The van der Waals surface area contributed by atoms with Gasteiger partial charge in [-0.25, -0.2) is 0 Å². The van der Waals surface area contributed by atoms with Gasteiger partial charge < -0.3 is 15.6 Å². The molecule has 0 aromatic heterocycles. The highest BCUT2D eigenvalue weighted by atomic mass is 16.5. The van der Waals surface area contributed by atoms with Crippen LogP contribution < -0.4 is 5.32 Å². The van der Waals surface area contributed by atoms with E-state index in [0.29, 0.717) is 12.1 Å². The minimum absolute atomic E-state index is 0.0960. The zero-order valence-corrected chi connectivity index (χ0v) is 21.1. The topological polar surface area (TPSA) is 89.9 Å². The summed E-state index contributed by atoms with van der Waals surface area (Å²) in [5.74, 6) is -1.08. The molecule has 1 atom stereocenters. The molecule has 0 fully saturated rings. The van der Waals surface area contributed by atoms with Gasteiger partial charge in [-0.3, -0.25) is 9.59 Å². The molecule has 0 heterocycles. The lowest BCUT2D eigenvalue weighted by Gasteiger charge is -2.25. The van der Waals surface area contributed by atoms with Gasteiger partial charge in [-0.05, 0) is 29.7 Å². The van der Waals surface area contributed by atoms with Crippen molar-refractivity contribution in [1.29, 1.82) is 0 Å². The van der Waals surface area contributed by atoms with Crippen LogP contribution in [0.5, 0.6) is 0 Å². The van der Waals surface area contributed by atoms with Gasteiger partial charge in [0.25, 0.3) is 5.91 Å². The van der Waals surface area contributed by atoms with E-state index in [2.05, 4.69) is 12.2 Å². The first kappa shape index (κ1) is 28.5. The number of nitrogens with one attached hydrogen (secondary N) is 1. The Morgan fingerprint density at radius 1 is 0.829 bits per heavy atom. The van der Waals surface area contributed by atoms with E-state index in [-0.39, 0.29) is 18.9 Å². The van der Waals surface area contributed by atoms with E-state index in [1.807, 2.05) is 18.2 Å². The van der Waals surface area contributed by atoms with Crippen molar-refractivity contribution in [2.75, 3.05) is 6.54 Å². The summed E-state index contributed by atoms with van der Waals surface area (Å²) in [5.41, 5.74) is 2.11. The van der Waals surface area contributed by atoms with Crippen LogP contribution in [0.15, 0.2) is 54.6 Å². The number of hydrogen-bond acceptors (Lipinski definition) is 4. The number of hydrogen-bond donors (Lipinski definition) is 3. The standard InChI is InChI=1S/C29H42N2O4/c1-2-3-4-5-6-7-8-9-10-14-21-30-29(34)26-19-17-24(18-20-26)23-31(35)27(22-28(32)33)25-15-12-11-13-16-25/h11-13,15-20,27,35H,2-10,14,21-23H2,1H3,(H,30,34)(H,32,33). The lowest BCUT2D eigenvalue weighted by molar-refractivity contribution is -0.157. The van der Waals surface area contributed by atoms with Gasteiger partial charge in [0.05, 0.1) is 12.5 Å². The number of unbranched alkanes of at least 4 members (excludes halogenated alkanes) is 9. The predicted molar refractivity (Wildman–Crippen MR) is 139 cm³/mol. The van der Waals surface area contributed by atoms with Crippen LogP contribution in [0.1, 0.15) is 105 Å². The minimum atomic E-state index is -0.979. The molecule has 2 aromatic carbocycles. The van der Waals surface area contributed by atoms with Gasteiger partial charge in [-0.2, -0.15) is 5.06 Å². The summed E-state index contributed by atoms with van der Waals surface area (Å²) < 4.78 is 0. The summed E-state index contributed by atoms with van der Waals surface area (Å²) in [6.07, 6.45) is 12.4. The number of nitrogens with zero attached hydrogens (tertiary/aromatic N) is 1. The summed E-state index contributed by atoms with van der Waals surface area (Å²) in [5, 5.41) is 23.9. The number of hydroxylamine groups is 2. The molecule has 0 bridgehead atoms. The van der Waals surface area contributed by atoms with Crippen molar-refractivity contribution in [3.05, 3.63) is 71.3 Å². The Bertz CT molecular complexity index is 855. The van der Waals surface area contributed by atoms with Gasteiger partial charge in [-0.1, -0.05) is 107 Å². The highest BCUT2D eigenvalue weighted by Gasteiger charge is 2.22. The maximum Gasteiger partial charge on any atom is 0.305 e. The Labute approximate surface area is 210 Å². The van der Waals surface area contributed by atoms with Gasteiger partial charge in [0, 0.05) is 18.7 Å². The molecule has 2 rings (SSSR count). The lowest BCUT2D eigenvalue weighted by atomic mass is 10.0. The number of carbonyl (C=O) groups is 2. The van der Waals surface area contributed by atoms with E-state index in [0.717, 1.165) is 29.0 Å². The SMILES string of the molecule is CCCCCCCCCCCCNC(=O)c1ccc(CN(O)C(CC(=O)O)c2ccccc2)cc1. The molecule has 1 amide bonds. The van der Waals surface area contributed by atoms with E-state index >= 15 is 0 Å². The Morgan fingerprint density at radius 2 is 1.40 bits per heavy atom. The average Bonchev–Trinajstić information content (AvgIpc) is 2.86. The summed E-state index contributed by atoms with van der Waals surface area (Å²) in [6.45, 7) is 3.08. The Balaban J connectivity index is 1.70. The number of carbonyl (C=O) groups excluding carboxylic acids is 1. The fourth-order valence-corrected chi connectivity index (χ4v) is 4.21. The first-order valence-electron chi connectivity index (χ1n) is 13.1. The highest BCUT2D eigenvalue weighted by molar-refractivity contribution is 5.94. The molecular formula is C29H42N2O4. The average molecular weight is 483 g/mol. The van der Waals surface area contributed by atoms with E-state index in [1.54, 1.807) is 36.4 Å². The summed E-state index contributed by atoms with van der Waals surface area (Å²) >= 11 is 0. The molecule has 0 aliphatic heterocycles. The quantitative estimate of drug-likeness (QED) is 0.162. The Hall–Kier alpha value is -2.70. The van der Waals surface area contributed by atoms with Gasteiger partial charge in [0.15, 0.2) is 0 Å². The molecule has 0 radical (unpaired) electrons. The summed E-state index contributed by atoms with van der Waals surface area (Å²) in [4.78, 5) is 23.7. The third-order valence-corrected chi connectivity index (χ3v) is 6.29. The molecule has 6 nitrogen and oxygen atoms in total. The molecule has 0 aliphatic carbocycles. The van der Waals surface area contributed by atoms with Crippen LogP contribution in [-0.2, 0) is 11.3 Å². The fourth-order valence-electron chi connectivity index (χ4n) is 4.21. The number of aliphatic carboxylic acids is 1. The molecule has 0 saturated heterocycles. The maximum absolute atomic E-state index is 12.4. The zero-order valence-electron chi connectivity index (χ0n) is 21.1. The van der Waals surface area contributed by atoms with Crippen LogP contribution in [0.2, 0.25) is 0 Å². The number of rotatable bonds is 18. The monoisotopic (exact) mass is 482 g/mol. The van der Waals surface area contributed by atoms with Crippen LogP contribution in [0.3, 0.4) is 0 Å². The fraction of sp³-hybridized carbons (Fsp3) is 0.517. The van der Waals surface area contributed by atoms with Crippen LogP contribution >= 0.6 is 0 Å². The van der Waals surface area contributed by atoms with Gasteiger partial charge in [0.2, 0.25) is 0 Å². The first-order chi connectivity index (χ1) is 17.0. The second-order valence-corrected chi connectivity index (χ2v) is 9.26. The Kier molecular flexibility index (Phi) is 13.7. The maximum atomic E-state index is 12.4. The summed E-state index contributed by atoms with van der Waals surface area (Å²) in [6, 6.07) is 15.5. The van der Waals surface area contributed by atoms with E-state index < -0.39 is 12.0 Å². The van der Waals surface area contributed by atoms with Crippen molar-refractivity contribution in [3.63, 3.8) is 0 Å². The van der Waals surface area contributed by atoms with Crippen LogP contribution in [-0.4, -0.2) is 33.8 Å². The third kappa shape index (κ3) is 11.5. The van der Waals surface area contributed by atoms with Crippen LogP contribution in [0.4, 0.5) is 0 Å². The minimum Gasteiger partial charge on any atom is -0.481 e. The normalized spacial score (nSPS) is 12.0. The Morgan fingerprint density at radius 3 is 1.97 bits per heavy atom. The molecule has 35 heavy (non-hydrogen) atoms. The van der Waals surface area contributed by atoms with Crippen molar-refractivity contribution in [2.24, 2.45) is 0 Å². The van der Waals surface area contributed by atoms with Crippen molar-refractivity contribution in [1.82, 2.24) is 10.4 Å². The largest absolute Gasteiger partial charge is 0.481 e. The summed E-state index contributed by atoms with van der Waals surface area (Å²) in [7, 11) is 0. The third-order valence-electron chi connectivity index (χ3n) is 6.29. The molecule has 0 spiro atoms. The van der Waals surface area contributed by atoms with E-state index in [4.69, 9.17) is 0 Å². The molecule has 1 unspecified atom stereocenters. The molecule has 0 aliphatic rings. The number of benzene rings is 2. The molecule has 2 aromatic rings. The van der Waals surface area contributed by atoms with Crippen LogP contribution in [0.25, 0.3) is 0 Å². The molecular weight excluding hydrogens is 440 g/mol. The van der Waals surface area contributed by atoms with Crippen molar-refractivity contribution in [2.45, 2.75) is 90.1 Å². The molecule has 192 valence electrons. The van der Waals surface area contributed by atoms with Crippen LogP contribution in [0, 0.1) is 0 Å². The van der Waals surface area contributed by atoms with Crippen molar-refractivity contribution in [3.8, 4) is 0 Å². The molecule has 0 saturated carbocycles. The smallest absolute Gasteiger partial charge is 0.305 e. The van der Waals surface area contributed by atoms with Gasteiger partial charge in [-0.15, -0.1) is 0 Å². The van der Waals surface area contributed by atoms with Gasteiger partial charge >= 0.3 is 5.97 Å². The zero-order chi connectivity index (χ0) is 25.3. The van der Waals surface area contributed by atoms with E-state index in [1.165, 1.54) is 51.4 Å². The van der Waals surface area contributed by atoms with Gasteiger partial charge in [0.1, 0.15) is 0 Å².